The summed E-state index contributed by atoms with van der Waals surface area (Å²) < 4.78 is 4.93. The predicted octanol–water partition coefficient (Wildman–Crippen LogP) is 4.86. The van der Waals surface area contributed by atoms with Crippen LogP contribution in [0.3, 0.4) is 0 Å². The summed E-state index contributed by atoms with van der Waals surface area (Å²) in [6, 6.07) is 0.550. The van der Waals surface area contributed by atoms with Gasteiger partial charge in [-0.15, -0.1) is 0 Å². The van der Waals surface area contributed by atoms with E-state index in [4.69, 9.17) is 10.5 Å². The van der Waals surface area contributed by atoms with Gasteiger partial charge >= 0.3 is 5.97 Å². The van der Waals surface area contributed by atoms with Crippen LogP contribution >= 0.6 is 0 Å². The molecule has 0 bridgehead atoms. The zero-order valence-electron chi connectivity index (χ0n) is 27.6. The lowest BCUT2D eigenvalue weighted by Gasteiger charge is -2.62. The van der Waals surface area contributed by atoms with Crippen molar-refractivity contribution in [2.45, 2.75) is 123 Å². The number of hydrogen-bond acceptors (Lipinski definition) is 7. The van der Waals surface area contributed by atoms with E-state index < -0.39 is 0 Å². The summed E-state index contributed by atoms with van der Waals surface area (Å²) in [6.45, 7) is 13.6. The van der Waals surface area contributed by atoms with Gasteiger partial charge in [-0.05, 0) is 169 Å². The van der Waals surface area contributed by atoms with Crippen LogP contribution in [-0.4, -0.2) is 69.6 Å². The van der Waals surface area contributed by atoms with E-state index in [2.05, 4.69) is 36.7 Å². The molecule has 10 atom stereocenters. The Labute approximate surface area is 257 Å². The number of aliphatic hydroxyl groups excluding tert-OH is 1. The second kappa shape index (κ2) is 16.0. The Hall–Kier alpha value is -0.730. The lowest BCUT2D eigenvalue weighted by Crippen LogP contribution is -2.59. The maximum atomic E-state index is 11.8. The van der Waals surface area contributed by atoms with Crippen LogP contribution in [0.25, 0.3) is 0 Å². The van der Waals surface area contributed by atoms with Gasteiger partial charge in [-0.1, -0.05) is 20.8 Å². The summed E-state index contributed by atoms with van der Waals surface area (Å²) in [5.41, 5.74) is 6.16. The molecule has 0 aromatic rings. The molecule has 7 nitrogen and oxygen atoms in total. The monoisotopic (exact) mass is 591 g/mol. The van der Waals surface area contributed by atoms with Crippen LogP contribution in [0.1, 0.15) is 111 Å². The first-order chi connectivity index (χ1) is 20.2. The summed E-state index contributed by atoms with van der Waals surface area (Å²) in [5, 5.41) is 22.6. The SMILES string of the molecule is COC(=O)CCC(C)[C@H]1CCC2C3C[C@@H](O)[C@H]4C[C@H](NCCCNCCCCNCCCN)CC[C@]4(C)C3CC[C@@]21C. The standard InChI is InChI=1S/C35H66N4O3/c1-25(9-12-33(41)42-4)28-10-11-29-27-24-32(40)31-23-26(13-15-35(31,3)30(27)14-16-34(28,29)2)39-22-8-21-38-19-6-5-18-37-20-7-17-36/h25-32,37-40H,5-24,36H2,1-4H3/t25?,26-,27?,28-,29?,30?,31-,32-,34-,35-/m1/s1. The van der Waals surface area contributed by atoms with Gasteiger partial charge in [0.25, 0.3) is 0 Å². The van der Waals surface area contributed by atoms with Crippen molar-refractivity contribution in [1.82, 2.24) is 16.0 Å². The first-order valence-electron chi connectivity index (χ1n) is 17.8. The Morgan fingerprint density at radius 1 is 0.881 bits per heavy atom. The molecule has 244 valence electrons. The van der Waals surface area contributed by atoms with Crippen LogP contribution in [0.15, 0.2) is 0 Å². The molecule has 0 amide bonds. The Kier molecular flexibility index (Phi) is 13.0. The zero-order valence-corrected chi connectivity index (χ0v) is 27.6. The van der Waals surface area contributed by atoms with Crippen LogP contribution in [0.5, 0.6) is 0 Å². The number of carbonyl (C=O) groups is 1. The average Bonchev–Trinajstić information content (AvgIpc) is 3.34. The Bertz CT molecular complexity index is 828. The molecule has 0 saturated heterocycles. The van der Waals surface area contributed by atoms with Gasteiger partial charge in [0.15, 0.2) is 0 Å². The van der Waals surface area contributed by atoms with Gasteiger partial charge in [0.1, 0.15) is 0 Å². The van der Waals surface area contributed by atoms with E-state index in [1.54, 1.807) is 0 Å². The van der Waals surface area contributed by atoms with Crippen molar-refractivity contribution in [2.24, 2.45) is 52.1 Å². The van der Waals surface area contributed by atoms with Gasteiger partial charge in [0, 0.05) is 12.5 Å². The Morgan fingerprint density at radius 2 is 1.55 bits per heavy atom. The molecule has 4 aliphatic rings. The normalized spacial score (nSPS) is 38.4. The Morgan fingerprint density at radius 3 is 2.26 bits per heavy atom. The van der Waals surface area contributed by atoms with Crippen LogP contribution in [0, 0.1) is 46.3 Å². The number of nitrogens with two attached hydrogens (primary N) is 1. The summed E-state index contributed by atoms with van der Waals surface area (Å²) >= 11 is 0. The fourth-order valence-corrected chi connectivity index (χ4v) is 10.6. The van der Waals surface area contributed by atoms with Crippen LogP contribution in [0.4, 0.5) is 0 Å². The highest BCUT2D eigenvalue weighted by Gasteiger charge is 2.62. The highest BCUT2D eigenvalue weighted by atomic mass is 16.5. The number of unbranched alkanes of at least 4 members (excludes halogenated alkanes) is 1. The number of carbonyl (C=O) groups excluding carboxylic acids is 1. The third-order valence-electron chi connectivity index (χ3n) is 12.9. The van der Waals surface area contributed by atoms with E-state index in [1.165, 1.54) is 64.9 Å². The number of nitrogens with one attached hydrogen (secondary N) is 3. The fraction of sp³-hybridized carbons (Fsp3) is 0.971. The molecule has 4 rings (SSSR count). The molecule has 0 spiro atoms. The van der Waals surface area contributed by atoms with Gasteiger partial charge < -0.3 is 31.5 Å². The van der Waals surface area contributed by atoms with Crippen molar-refractivity contribution in [1.29, 1.82) is 0 Å². The second-order valence-electron chi connectivity index (χ2n) is 15.2. The molecule has 4 unspecified atom stereocenters. The van der Waals surface area contributed by atoms with E-state index in [0.717, 1.165) is 76.8 Å². The lowest BCUT2D eigenvalue weighted by molar-refractivity contribution is -0.162. The second-order valence-corrected chi connectivity index (χ2v) is 15.2. The maximum Gasteiger partial charge on any atom is 0.305 e. The lowest BCUT2D eigenvalue weighted by atomic mass is 9.43. The van der Waals surface area contributed by atoms with E-state index in [1.807, 2.05) is 0 Å². The minimum atomic E-state index is -0.162. The predicted molar refractivity (Wildman–Crippen MR) is 172 cm³/mol. The molecular formula is C35H66N4O3. The number of ether oxygens (including phenoxy) is 1. The third-order valence-corrected chi connectivity index (χ3v) is 12.9. The molecular weight excluding hydrogens is 524 g/mol. The number of esters is 1. The topological polar surface area (TPSA) is 109 Å². The average molecular weight is 591 g/mol. The minimum absolute atomic E-state index is 0.0739. The van der Waals surface area contributed by atoms with E-state index in [0.29, 0.717) is 41.5 Å². The number of methoxy groups -OCH3 is 1. The molecule has 6 N–H and O–H groups in total. The van der Waals surface area contributed by atoms with Crippen molar-refractivity contribution >= 4 is 5.97 Å². The van der Waals surface area contributed by atoms with Crippen LogP contribution in [-0.2, 0) is 9.53 Å². The van der Waals surface area contributed by atoms with Crippen molar-refractivity contribution in [3.63, 3.8) is 0 Å². The third kappa shape index (κ3) is 7.91. The highest BCUT2D eigenvalue weighted by Crippen LogP contribution is 2.68. The summed E-state index contributed by atoms with van der Waals surface area (Å²) in [7, 11) is 1.50. The number of aliphatic hydroxyl groups is 1. The molecule has 4 aliphatic carbocycles. The van der Waals surface area contributed by atoms with Gasteiger partial charge in [-0.25, -0.2) is 0 Å². The van der Waals surface area contributed by atoms with Gasteiger partial charge in [-0.2, -0.15) is 0 Å². The smallest absolute Gasteiger partial charge is 0.305 e. The van der Waals surface area contributed by atoms with Gasteiger partial charge in [0.05, 0.1) is 13.2 Å². The molecule has 0 aromatic carbocycles. The number of fused-ring (bicyclic) bond motifs is 5. The van der Waals surface area contributed by atoms with Gasteiger partial charge in [-0.3, -0.25) is 4.79 Å². The minimum Gasteiger partial charge on any atom is -0.469 e. The van der Waals surface area contributed by atoms with Crippen LogP contribution < -0.4 is 21.7 Å². The summed E-state index contributed by atoms with van der Waals surface area (Å²) in [5.74, 6) is 3.75. The quantitative estimate of drug-likeness (QED) is 0.122. The van der Waals surface area contributed by atoms with Crippen molar-refractivity contribution in [2.75, 3.05) is 46.4 Å². The molecule has 7 heteroatoms. The zero-order chi connectivity index (χ0) is 30.2. The van der Waals surface area contributed by atoms with Gasteiger partial charge in [0.2, 0.25) is 0 Å². The van der Waals surface area contributed by atoms with E-state index in [9.17, 15) is 9.90 Å². The van der Waals surface area contributed by atoms with Crippen LogP contribution in [0.2, 0.25) is 0 Å². The molecule has 0 aliphatic heterocycles. The molecule has 0 heterocycles. The first kappa shape index (κ1) is 34.1. The summed E-state index contributed by atoms with van der Waals surface area (Å²) in [4.78, 5) is 11.8. The number of hydrogen-bond donors (Lipinski definition) is 5. The largest absolute Gasteiger partial charge is 0.469 e. The molecule has 4 saturated carbocycles. The van der Waals surface area contributed by atoms with Crippen molar-refractivity contribution < 1.29 is 14.6 Å². The van der Waals surface area contributed by atoms with Crippen molar-refractivity contribution in [3.8, 4) is 0 Å². The molecule has 0 aromatic heterocycles. The van der Waals surface area contributed by atoms with E-state index in [-0.39, 0.29) is 17.5 Å². The van der Waals surface area contributed by atoms with Crippen molar-refractivity contribution in [3.05, 3.63) is 0 Å². The molecule has 0 radical (unpaired) electrons. The first-order valence-corrected chi connectivity index (χ1v) is 17.8. The fourth-order valence-electron chi connectivity index (χ4n) is 10.6. The van der Waals surface area contributed by atoms with E-state index >= 15 is 0 Å². The maximum absolute atomic E-state index is 11.8. The molecule has 4 fully saturated rings. The summed E-state index contributed by atoms with van der Waals surface area (Å²) in [6.07, 6.45) is 15.9. The highest BCUT2D eigenvalue weighted by molar-refractivity contribution is 5.69. The molecule has 42 heavy (non-hydrogen) atoms. The number of rotatable bonds is 17. The Balaban J connectivity index is 1.20.